The highest BCUT2D eigenvalue weighted by molar-refractivity contribution is 5.94. The zero-order valence-corrected chi connectivity index (χ0v) is 17.8. The molecular weight excluding hydrogens is 364 g/mol. The van der Waals surface area contributed by atoms with Gasteiger partial charge in [0.1, 0.15) is 5.75 Å². The fourth-order valence-electron chi connectivity index (χ4n) is 3.52. The molecule has 0 atom stereocenters. The van der Waals surface area contributed by atoms with Crippen LogP contribution in [0.5, 0.6) is 5.75 Å². The van der Waals surface area contributed by atoms with E-state index in [0.717, 1.165) is 37.5 Å². The molecule has 1 aliphatic heterocycles. The summed E-state index contributed by atoms with van der Waals surface area (Å²) in [4.78, 5) is 17.3. The molecule has 5 nitrogen and oxygen atoms in total. The summed E-state index contributed by atoms with van der Waals surface area (Å²) in [5, 5.41) is 0. The van der Waals surface area contributed by atoms with E-state index in [0.29, 0.717) is 31.3 Å². The number of carbonyl (C=O) groups excluding carboxylic acids is 1. The minimum absolute atomic E-state index is 0.0749. The molecule has 5 heteroatoms. The number of ether oxygens (including phenoxy) is 2. The van der Waals surface area contributed by atoms with E-state index in [2.05, 4.69) is 43.0 Å². The Kier molecular flexibility index (Phi) is 7.53. The third-order valence-corrected chi connectivity index (χ3v) is 5.00. The lowest BCUT2D eigenvalue weighted by atomic mass is 10.1. The second kappa shape index (κ2) is 10.3. The van der Waals surface area contributed by atoms with Gasteiger partial charge in [0.25, 0.3) is 5.91 Å². The summed E-state index contributed by atoms with van der Waals surface area (Å²) in [6.07, 6.45) is 0. The minimum Gasteiger partial charge on any atom is -0.494 e. The number of piperazine rings is 1. The van der Waals surface area contributed by atoms with Crippen LogP contribution in [0, 0.1) is 5.92 Å². The molecule has 0 spiro atoms. The third-order valence-electron chi connectivity index (χ3n) is 5.00. The van der Waals surface area contributed by atoms with Crippen molar-refractivity contribution in [3.05, 3.63) is 59.7 Å². The van der Waals surface area contributed by atoms with Gasteiger partial charge >= 0.3 is 0 Å². The number of carbonyl (C=O) groups is 1. The maximum Gasteiger partial charge on any atom is 0.253 e. The lowest BCUT2D eigenvalue weighted by Crippen LogP contribution is -2.48. The van der Waals surface area contributed by atoms with Crippen molar-refractivity contribution in [1.29, 1.82) is 0 Å². The molecule has 0 bridgehead atoms. The van der Waals surface area contributed by atoms with E-state index < -0.39 is 0 Å². The van der Waals surface area contributed by atoms with Gasteiger partial charge in [-0.1, -0.05) is 32.0 Å². The largest absolute Gasteiger partial charge is 0.494 e. The summed E-state index contributed by atoms with van der Waals surface area (Å²) in [6, 6.07) is 16.1. The fraction of sp³-hybridized carbons (Fsp3) is 0.458. The van der Waals surface area contributed by atoms with E-state index in [1.165, 1.54) is 5.69 Å². The van der Waals surface area contributed by atoms with Crippen molar-refractivity contribution in [2.75, 3.05) is 44.3 Å². The molecule has 1 saturated heterocycles. The summed E-state index contributed by atoms with van der Waals surface area (Å²) in [6.45, 7) is 11.1. The highest BCUT2D eigenvalue weighted by atomic mass is 16.5. The maximum atomic E-state index is 13.1. The first-order chi connectivity index (χ1) is 14.1. The smallest absolute Gasteiger partial charge is 0.253 e. The van der Waals surface area contributed by atoms with E-state index in [1.54, 1.807) is 0 Å². The topological polar surface area (TPSA) is 42.0 Å². The van der Waals surface area contributed by atoms with Crippen molar-refractivity contribution in [2.24, 2.45) is 5.92 Å². The van der Waals surface area contributed by atoms with Gasteiger partial charge in [-0.05, 0) is 43.2 Å². The van der Waals surface area contributed by atoms with Crippen LogP contribution in [-0.4, -0.2) is 50.2 Å². The fourth-order valence-corrected chi connectivity index (χ4v) is 3.52. The van der Waals surface area contributed by atoms with Crippen LogP contribution in [0.2, 0.25) is 0 Å². The Morgan fingerprint density at radius 1 is 1.03 bits per heavy atom. The SMILES string of the molecule is CCOc1ccc(C(=O)N2CCN(c3ccccc3)CC2)cc1COCC(C)C. The highest BCUT2D eigenvalue weighted by Gasteiger charge is 2.23. The van der Waals surface area contributed by atoms with Crippen molar-refractivity contribution < 1.29 is 14.3 Å². The van der Waals surface area contributed by atoms with E-state index >= 15 is 0 Å². The average molecular weight is 397 g/mol. The summed E-state index contributed by atoms with van der Waals surface area (Å²) < 4.78 is 11.5. The molecule has 2 aromatic rings. The number of benzene rings is 2. The van der Waals surface area contributed by atoms with Crippen LogP contribution < -0.4 is 9.64 Å². The predicted molar refractivity (Wildman–Crippen MR) is 117 cm³/mol. The molecule has 2 aromatic carbocycles. The summed E-state index contributed by atoms with van der Waals surface area (Å²) in [7, 11) is 0. The molecule has 0 aliphatic carbocycles. The number of nitrogens with zero attached hydrogens (tertiary/aromatic N) is 2. The number of amides is 1. The Hall–Kier alpha value is -2.53. The lowest BCUT2D eigenvalue weighted by Gasteiger charge is -2.36. The van der Waals surface area contributed by atoms with Gasteiger partial charge in [0, 0.05) is 49.6 Å². The van der Waals surface area contributed by atoms with E-state index in [9.17, 15) is 4.79 Å². The minimum atomic E-state index is 0.0749. The molecule has 156 valence electrons. The molecular formula is C24H32N2O3. The molecule has 1 heterocycles. The quantitative estimate of drug-likeness (QED) is 0.670. The Morgan fingerprint density at radius 3 is 2.41 bits per heavy atom. The van der Waals surface area contributed by atoms with Crippen LogP contribution in [0.1, 0.15) is 36.7 Å². The van der Waals surface area contributed by atoms with Crippen molar-refractivity contribution >= 4 is 11.6 Å². The number of para-hydroxylation sites is 1. The molecule has 0 radical (unpaired) electrons. The normalized spacial score (nSPS) is 14.3. The van der Waals surface area contributed by atoms with Gasteiger partial charge in [0.2, 0.25) is 0 Å². The summed E-state index contributed by atoms with van der Waals surface area (Å²) in [5.74, 6) is 1.34. The van der Waals surface area contributed by atoms with Crippen LogP contribution in [0.25, 0.3) is 0 Å². The van der Waals surface area contributed by atoms with Crippen LogP contribution >= 0.6 is 0 Å². The van der Waals surface area contributed by atoms with Gasteiger partial charge < -0.3 is 19.3 Å². The van der Waals surface area contributed by atoms with Gasteiger partial charge in [0.05, 0.1) is 13.2 Å². The maximum absolute atomic E-state index is 13.1. The molecule has 0 aromatic heterocycles. The van der Waals surface area contributed by atoms with Crippen LogP contribution in [0.4, 0.5) is 5.69 Å². The van der Waals surface area contributed by atoms with Crippen molar-refractivity contribution in [1.82, 2.24) is 4.90 Å². The average Bonchev–Trinajstić information content (AvgIpc) is 2.75. The second-order valence-corrected chi connectivity index (χ2v) is 7.78. The molecule has 29 heavy (non-hydrogen) atoms. The summed E-state index contributed by atoms with van der Waals surface area (Å²) >= 11 is 0. The van der Waals surface area contributed by atoms with Crippen molar-refractivity contribution in [3.8, 4) is 5.75 Å². The standard InChI is InChI=1S/C24H32N2O3/c1-4-29-23-11-10-20(16-21(23)18-28-17-19(2)3)24(27)26-14-12-25(13-15-26)22-8-6-5-7-9-22/h5-11,16,19H,4,12-15,17-18H2,1-3H3. The van der Waals surface area contributed by atoms with Gasteiger partial charge in [-0.15, -0.1) is 0 Å². The molecule has 1 aliphatic rings. The van der Waals surface area contributed by atoms with Gasteiger partial charge in [-0.3, -0.25) is 4.79 Å². The number of hydrogen-bond donors (Lipinski definition) is 0. The van der Waals surface area contributed by atoms with Crippen LogP contribution in [0.15, 0.2) is 48.5 Å². The molecule has 1 amide bonds. The second-order valence-electron chi connectivity index (χ2n) is 7.78. The molecule has 1 fully saturated rings. The molecule has 0 saturated carbocycles. The number of hydrogen-bond acceptors (Lipinski definition) is 4. The van der Waals surface area contributed by atoms with Crippen molar-refractivity contribution in [2.45, 2.75) is 27.4 Å². The number of anilines is 1. The Bertz CT molecular complexity index is 784. The Labute approximate surface area is 174 Å². The predicted octanol–water partition coefficient (Wildman–Crippen LogP) is 4.22. The first-order valence-electron chi connectivity index (χ1n) is 10.5. The van der Waals surface area contributed by atoms with E-state index in [4.69, 9.17) is 9.47 Å². The van der Waals surface area contributed by atoms with E-state index in [-0.39, 0.29) is 5.91 Å². The first-order valence-corrected chi connectivity index (χ1v) is 10.5. The molecule has 3 rings (SSSR count). The van der Waals surface area contributed by atoms with Gasteiger partial charge in [-0.2, -0.15) is 0 Å². The number of rotatable bonds is 8. The Morgan fingerprint density at radius 2 is 1.76 bits per heavy atom. The molecule has 0 N–H and O–H groups in total. The monoisotopic (exact) mass is 396 g/mol. The van der Waals surface area contributed by atoms with E-state index in [1.807, 2.05) is 36.1 Å². The Balaban J connectivity index is 1.65. The zero-order valence-electron chi connectivity index (χ0n) is 17.8. The van der Waals surface area contributed by atoms with Crippen LogP contribution in [-0.2, 0) is 11.3 Å². The highest BCUT2D eigenvalue weighted by Crippen LogP contribution is 2.23. The zero-order chi connectivity index (χ0) is 20.6. The van der Waals surface area contributed by atoms with Gasteiger partial charge in [-0.25, -0.2) is 0 Å². The molecule has 0 unspecified atom stereocenters. The first kappa shape index (κ1) is 21.2. The van der Waals surface area contributed by atoms with Crippen LogP contribution in [0.3, 0.4) is 0 Å². The van der Waals surface area contributed by atoms with Crippen molar-refractivity contribution in [3.63, 3.8) is 0 Å². The summed E-state index contributed by atoms with van der Waals surface area (Å²) in [5.41, 5.74) is 2.84. The lowest BCUT2D eigenvalue weighted by molar-refractivity contribution is 0.0745. The van der Waals surface area contributed by atoms with Gasteiger partial charge in [0.15, 0.2) is 0 Å². The third kappa shape index (κ3) is 5.73.